The Hall–Kier alpha value is -2.48. The number of carbonyl (C=O) groups is 1. The average Bonchev–Trinajstić information content (AvgIpc) is 3.06. The monoisotopic (exact) mass is 445 g/mol. The lowest BCUT2D eigenvalue weighted by Crippen LogP contribution is -2.54. The van der Waals surface area contributed by atoms with Gasteiger partial charge in [-0.3, -0.25) is 4.79 Å². The van der Waals surface area contributed by atoms with Crippen LogP contribution in [0.15, 0.2) is 35.2 Å². The fourth-order valence-electron chi connectivity index (χ4n) is 3.78. The SMILES string of the molecule is Cc1c[nH]c2ncnc(N3CCN(C(=O)Cc4ccc(F)c(Br)c4)[C@@H](C)C3)c12. The van der Waals surface area contributed by atoms with Gasteiger partial charge in [0.05, 0.1) is 16.3 Å². The molecule has 28 heavy (non-hydrogen) atoms. The minimum atomic E-state index is -0.325. The summed E-state index contributed by atoms with van der Waals surface area (Å²) in [5.74, 6) is 0.635. The van der Waals surface area contributed by atoms with Crippen LogP contribution in [0.1, 0.15) is 18.1 Å². The fraction of sp³-hybridized carbons (Fsp3) is 0.350. The number of H-pyrrole nitrogens is 1. The zero-order valence-corrected chi connectivity index (χ0v) is 17.3. The molecular formula is C20H21BrFN5O. The van der Waals surface area contributed by atoms with Gasteiger partial charge in [0.2, 0.25) is 5.91 Å². The van der Waals surface area contributed by atoms with Crippen LogP contribution in [-0.2, 0) is 11.2 Å². The molecule has 2 aromatic heterocycles. The largest absolute Gasteiger partial charge is 0.352 e. The highest BCUT2D eigenvalue weighted by Gasteiger charge is 2.29. The maximum atomic E-state index is 13.4. The van der Waals surface area contributed by atoms with E-state index in [1.807, 2.05) is 24.9 Å². The highest BCUT2D eigenvalue weighted by molar-refractivity contribution is 9.10. The first-order valence-electron chi connectivity index (χ1n) is 9.21. The minimum absolute atomic E-state index is 0.0504. The van der Waals surface area contributed by atoms with Crippen molar-refractivity contribution in [3.63, 3.8) is 0 Å². The Morgan fingerprint density at radius 2 is 2.18 bits per heavy atom. The van der Waals surface area contributed by atoms with Gasteiger partial charge in [0.15, 0.2) is 0 Å². The zero-order valence-electron chi connectivity index (χ0n) is 15.7. The van der Waals surface area contributed by atoms with E-state index in [2.05, 4.69) is 35.8 Å². The van der Waals surface area contributed by atoms with E-state index in [1.54, 1.807) is 18.5 Å². The Morgan fingerprint density at radius 1 is 1.36 bits per heavy atom. The van der Waals surface area contributed by atoms with Crippen LogP contribution in [0.2, 0.25) is 0 Å². The molecule has 1 amide bonds. The quantitative estimate of drug-likeness (QED) is 0.670. The first kappa shape index (κ1) is 18.9. The van der Waals surface area contributed by atoms with Crippen molar-refractivity contribution in [1.29, 1.82) is 0 Å². The Bertz CT molecular complexity index is 1040. The third kappa shape index (κ3) is 3.48. The maximum Gasteiger partial charge on any atom is 0.227 e. The van der Waals surface area contributed by atoms with Gasteiger partial charge in [-0.1, -0.05) is 6.07 Å². The molecule has 3 heterocycles. The number of carbonyl (C=O) groups excluding carboxylic acids is 1. The van der Waals surface area contributed by atoms with E-state index < -0.39 is 0 Å². The van der Waals surface area contributed by atoms with E-state index in [1.165, 1.54) is 6.07 Å². The van der Waals surface area contributed by atoms with Gasteiger partial charge in [0, 0.05) is 31.9 Å². The normalized spacial score (nSPS) is 17.4. The van der Waals surface area contributed by atoms with Crippen molar-refractivity contribution in [3.8, 4) is 0 Å². The van der Waals surface area contributed by atoms with Gasteiger partial charge in [-0.2, -0.15) is 0 Å². The van der Waals surface area contributed by atoms with Crippen molar-refractivity contribution in [2.45, 2.75) is 26.3 Å². The van der Waals surface area contributed by atoms with Crippen molar-refractivity contribution >= 4 is 38.7 Å². The number of nitrogens with one attached hydrogen (secondary N) is 1. The molecule has 0 aliphatic carbocycles. The number of hydrogen-bond acceptors (Lipinski definition) is 4. The standard InChI is InChI=1S/C20H21BrFN5O/c1-12-9-23-19-18(12)20(25-11-24-19)26-5-6-27(13(2)10-26)17(28)8-14-3-4-16(22)15(21)7-14/h3-4,7,9,11,13H,5-6,8,10H2,1-2H3,(H,23,24,25)/t13-/m0/s1. The lowest BCUT2D eigenvalue weighted by atomic mass is 10.1. The van der Waals surface area contributed by atoms with Crippen LogP contribution in [0.5, 0.6) is 0 Å². The number of nitrogens with zero attached hydrogens (tertiary/aromatic N) is 4. The Kier molecular flexibility index (Phi) is 5.05. The highest BCUT2D eigenvalue weighted by atomic mass is 79.9. The fourth-order valence-corrected chi connectivity index (χ4v) is 4.21. The van der Waals surface area contributed by atoms with E-state index in [9.17, 15) is 9.18 Å². The molecule has 0 saturated carbocycles. The number of halogens is 2. The third-order valence-electron chi connectivity index (χ3n) is 5.23. The number of hydrogen-bond donors (Lipinski definition) is 1. The predicted molar refractivity (Wildman–Crippen MR) is 110 cm³/mol. The zero-order chi connectivity index (χ0) is 19.8. The number of aromatic nitrogens is 3. The van der Waals surface area contributed by atoms with Crippen molar-refractivity contribution in [1.82, 2.24) is 19.9 Å². The molecule has 3 aromatic rings. The summed E-state index contributed by atoms with van der Waals surface area (Å²) in [7, 11) is 0. The number of amides is 1. The predicted octanol–water partition coefficient (Wildman–Crippen LogP) is 3.45. The summed E-state index contributed by atoms with van der Waals surface area (Å²) < 4.78 is 13.8. The summed E-state index contributed by atoms with van der Waals surface area (Å²) >= 11 is 3.18. The smallest absolute Gasteiger partial charge is 0.227 e. The van der Waals surface area contributed by atoms with Crippen LogP contribution in [0.3, 0.4) is 0 Å². The van der Waals surface area contributed by atoms with Crippen molar-refractivity contribution in [2.75, 3.05) is 24.5 Å². The van der Waals surface area contributed by atoms with E-state index >= 15 is 0 Å². The second-order valence-electron chi connectivity index (χ2n) is 7.20. The summed E-state index contributed by atoms with van der Waals surface area (Å²) in [4.78, 5) is 28.9. The van der Waals surface area contributed by atoms with Gasteiger partial charge >= 0.3 is 0 Å². The molecule has 1 aliphatic rings. The van der Waals surface area contributed by atoms with Gasteiger partial charge in [-0.15, -0.1) is 0 Å². The Labute approximate surface area is 170 Å². The molecule has 0 spiro atoms. The van der Waals surface area contributed by atoms with Crippen LogP contribution < -0.4 is 4.90 Å². The number of fused-ring (bicyclic) bond motifs is 1. The molecule has 1 saturated heterocycles. The lowest BCUT2D eigenvalue weighted by molar-refractivity contribution is -0.132. The van der Waals surface area contributed by atoms with Crippen molar-refractivity contribution < 1.29 is 9.18 Å². The molecule has 0 bridgehead atoms. The number of rotatable bonds is 3. The Balaban J connectivity index is 1.48. The molecule has 6 nitrogen and oxygen atoms in total. The van der Waals surface area contributed by atoms with Crippen molar-refractivity contribution in [3.05, 3.63) is 52.1 Å². The highest BCUT2D eigenvalue weighted by Crippen LogP contribution is 2.28. The van der Waals surface area contributed by atoms with Gasteiger partial charge in [0.25, 0.3) is 0 Å². The van der Waals surface area contributed by atoms with Gasteiger partial charge < -0.3 is 14.8 Å². The molecule has 0 radical (unpaired) electrons. The number of aryl methyl sites for hydroxylation is 1. The third-order valence-corrected chi connectivity index (χ3v) is 5.84. The summed E-state index contributed by atoms with van der Waals surface area (Å²) in [5.41, 5.74) is 2.74. The minimum Gasteiger partial charge on any atom is -0.352 e. The molecule has 1 fully saturated rings. The van der Waals surface area contributed by atoms with Gasteiger partial charge in [-0.25, -0.2) is 14.4 Å². The molecule has 1 aromatic carbocycles. The van der Waals surface area contributed by atoms with Crippen LogP contribution in [0.4, 0.5) is 10.2 Å². The molecule has 146 valence electrons. The maximum absolute atomic E-state index is 13.4. The van der Waals surface area contributed by atoms with E-state index in [0.717, 1.165) is 28.0 Å². The van der Waals surface area contributed by atoms with Crippen LogP contribution in [0, 0.1) is 12.7 Å². The van der Waals surface area contributed by atoms with Gasteiger partial charge in [0.1, 0.15) is 23.6 Å². The lowest BCUT2D eigenvalue weighted by Gasteiger charge is -2.40. The molecule has 4 rings (SSSR count). The molecule has 1 aliphatic heterocycles. The molecule has 8 heteroatoms. The molecule has 1 N–H and O–H groups in total. The number of anilines is 1. The molecular weight excluding hydrogens is 425 g/mol. The first-order valence-corrected chi connectivity index (χ1v) is 10.0. The second-order valence-corrected chi connectivity index (χ2v) is 8.05. The van der Waals surface area contributed by atoms with Crippen LogP contribution in [-0.4, -0.2) is 51.4 Å². The molecule has 1 atom stereocenters. The van der Waals surface area contributed by atoms with Crippen molar-refractivity contribution in [2.24, 2.45) is 0 Å². The number of benzene rings is 1. The second kappa shape index (κ2) is 7.50. The molecule has 0 unspecified atom stereocenters. The first-order chi connectivity index (χ1) is 13.4. The summed E-state index contributed by atoms with van der Waals surface area (Å²) in [6.07, 6.45) is 3.77. The van der Waals surface area contributed by atoms with Gasteiger partial charge in [-0.05, 0) is 53.0 Å². The van der Waals surface area contributed by atoms with E-state index in [-0.39, 0.29) is 24.2 Å². The van der Waals surface area contributed by atoms with E-state index in [0.29, 0.717) is 24.1 Å². The van der Waals surface area contributed by atoms with E-state index in [4.69, 9.17) is 0 Å². The average molecular weight is 446 g/mol. The Morgan fingerprint density at radius 3 is 2.93 bits per heavy atom. The topological polar surface area (TPSA) is 65.1 Å². The summed E-state index contributed by atoms with van der Waals surface area (Å²) in [5, 5.41) is 1.03. The number of aromatic amines is 1. The van der Waals surface area contributed by atoms with Crippen LogP contribution >= 0.6 is 15.9 Å². The summed E-state index contributed by atoms with van der Waals surface area (Å²) in [6.45, 7) is 6.12. The van der Waals surface area contributed by atoms with Crippen LogP contribution in [0.25, 0.3) is 11.0 Å². The number of piperazine rings is 1. The summed E-state index contributed by atoms with van der Waals surface area (Å²) in [6, 6.07) is 4.76.